The molecule has 4 nitrogen and oxygen atoms in total. The van der Waals surface area contributed by atoms with Gasteiger partial charge in [0.1, 0.15) is 0 Å². The standard InChI is InChI=1S/C18H18N2O2/c1-14(16-7-3-2-4-8-16)22-11-10-18(21)20-17-9-5-6-15(12-17)13-19/h2-9,12,14H,10-11H2,1H3,(H,20,21). The van der Waals surface area contributed by atoms with E-state index in [1.165, 1.54) is 0 Å². The zero-order valence-corrected chi connectivity index (χ0v) is 12.5. The Hall–Kier alpha value is -2.64. The second-order valence-electron chi connectivity index (χ2n) is 4.91. The number of hydrogen-bond donors (Lipinski definition) is 1. The first-order valence-electron chi connectivity index (χ1n) is 7.15. The molecular formula is C18H18N2O2. The Kier molecular flexibility index (Phi) is 5.70. The molecule has 2 aromatic carbocycles. The monoisotopic (exact) mass is 294 g/mol. The molecule has 1 atom stereocenters. The summed E-state index contributed by atoms with van der Waals surface area (Å²) < 4.78 is 5.67. The molecule has 0 aromatic heterocycles. The van der Waals surface area contributed by atoms with E-state index in [9.17, 15) is 4.79 Å². The van der Waals surface area contributed by atoms with Gasteiger partial charge in [0.25, 0.3) is 0 Å². The zero-order chi connectivity index (χ0) is 15.8. The lowest BCUT2D eigenvalue weighted by atomic mass is 10.1. The molecule has 2 aromatic rings. The Labute approximate surface area is 130 Å². The van der Waals surface area contributed by atoms with Gasteiger partial charge in [0, 0.05) is 5.69 Å². The van der Waals surface area contributed by atoms with Gasteiger partial charge in [0.15, 0.2) is 0 Å². The summed E-state index contributed by atoms with van der Waals surface area (Å²) in [5, 5.41) is 11.6. The average molecular weight is 294 g/mol. The van der Waals surface area contributed by atoms with E-state index in [1.54, 1.807) is 24.3 Å². The topological polar surface area (TPSA) is 62.1 Å². The predicted molar refractivity (Wildman–Crippen MR) is 85.2 cm³/mol. The number of carbonyl (C=O) groups excluding carboxylic acids is 1. The molecule has 0 saturated carbocycles. The summed E-state index contributed by atoms with van der Waals surface area (Å²) >= 11 is 0. The fourth-order valence-corrected chi connectivity index (χ4v) is 2.04. The van der Waals surface area contributed by atoms with Gasteiger partial charge < -0.3 is 10.1 Å². The number of benzene rings is 2. The Morgan fingerprint density at radius 2 is 2.00 bits per heavy atom. The molecule has 0 spiro atoms. The SMILES string of the molecule is CC(OCCC(=O)Nc1cccc(C#N)c1)c1ccccc1. The number of nitrogens with one attached hydrogen (secondary N) is 1. The first-order valence-corrected chi connectivity index (χ1v) is 7.15. The van der Waals surface area contributed by atoms with Gasteiger partial charge in [-0.3, -0.25) is 4.79 Å². The van der Waals surface area contributed by atoms with Crippen molar-refractivity contribution in [2.45, 2.75) is 19.4 Å². The maximum Gasteiger partial charge on any atom is 0.226 e. The lowest BCUT2D eigenvalue weighted by Gasteiger charge is -2.13. The number of anilines is 1. The van der Waals surface area contributed by atoms with Crippen LogP contribution in [0.3, 0.4) is 0 Å². The van der Waals surface area contributed by atoms with Crippen molar-refractivity contribution in [2.24, 2.45) is 0 Å². The summed E-state index contributed by atoms with van der Waals surface area (Å²) in [6.07, 6.45) is 0.226. The van der Waals surface area contributed by atoms with E-state index < -0.39 is 0 Å². The molecule has 4 heteroatoms. The van der Waals surface area contributed by atoms with Crippen LogP contribution in [0.1, 0.15) is 30.6 Å². The molecule has 0 aliphatic heterocycles. The number of carbonyl (C=O) groups is 1. The van der Waals surface area contributed by atoms with Crippen LogP contribution in [-0.4, -0.2) is 12.5 Å². The first kappa shape index (κ1) is 15.7. The zero-order valence-electron chi connectivity index (χ0n) is 12.5. The molecule has 0 bridgehead atoms. The van der Waals surface area contributed by atoms with E-state index in [0.29, 0.717) is 17.9 Å². The van der Waals surface area contributed by atoms with E-state index in [0.717, 1.165) is 5.56 Å². The van der Waals surface area contributed by atoms with Gasteiger partial charge in [-0.25, -0.2) is 0 Å². The molecule has 0 fully saturated rings. The predicted octanol–water partition coefficient (Wildman–Crippen LogP) is 3.66. The van der Waals surface area contributed by atoms with Crippen LogP contribution in [-0.2, 0) is 9.53 Å². The molecule has 22 heavy (non-hydrogen) atoms. The van der Waals surface area contributed by atoms with Gasteiger partial charge in [-0.1, -0.05) is 36.4 Å². The molecule has 0 heterocycles. The van der Waals surface area contributed by atoms with Crippen molar-refractivity contribution in [1.82, 2.24) is 0 Å². The van der Waals surface area contributed by atoms with Gasteiger partial charge >= 0.3 is 0 Å². The lowest BCUT2D eigenvalue weighted by Crippen LogP contribution is -2.15. The van der Waals surface area contributed by atoms with Crippen molar-refractivity contribution < 1.29 is 9.53 Å². The third-order valence-electron chi connectivity index (χ3n) is 3.24. The molecule has 0 saturated heterocycles. The van der Waals surface area contributed by atoms with Crippen molar-refractivity contribution in [3.05, 3.63) is 65.7 Å². The minimum atomic E-state index is -0.129. The quantitative estimate of drug-likeness (QED) is 0.884. The second-order valence-corrected chi connectivity index (χ2v) is 4.91. The molecule has 1 unspecified atom stereocenters. The van der Waals surface area contributed by atoms with Crippen molar-refractivity contribution in [3.8, 4) is 6.07 Å². The van der Waals surface area contributed by atoms with Crippen LogP contribution in [0.15, 0.2) is 54.6 Å². The fourth-order valence-electron chi connectivity index (χ4n) is 2.04. The highest BCUT2D eigenvalue weighted by Gasteiger charge is 2.07. The Balaban J connectivity index is 1.77. The summed E-state index contributed by atoms with van der Waals surface area (Å²) in [4.78, 5) is 11.9. The molecule has 1 amide bonds. The first-order chi connectivity index (χ1) is 10.7. The van der Waals surface area contributed by atoms with E-state index in [2.05, 4.69) is 5.32 Å². The van der Waals surface area contributed by atoms with E-state index in [1.807, 2.05) is 43.3 Å². The van der Waals surface area contributed by atoms with Crippen molar-refractivity contribution in [1.29, 1.82) is 5.26 Å². The fraction of sp³-hybridized carbons (Fsp3) is 0.222. The van der Waals surface area contributed by atoms with Crippen LogP contribution < -0.4 is 5.32 Å². The summed E-state index contributed by atoms with van der Waals surface area (Å²) in [7, 11) is 0. The largest absolute Gasteiger partial charge is 0.373 e. The summed E-state index contributed by atoms with van der Waals surface area (Å²) in [5.74, 6) is -0.129. The van der Waals surface area contributed by atoms with Gasteiger partial charge in [0.2, 0.25) is 5.91 Å². The van der Waals surface area contributed by atoms with Gasteiger partial charge in [-0.15, -0.1) is 0 Å². The number of nitriles is 1. The molecule has 1 N–H and O–H groups in total. The minimum Gasteiger partial charge on any atom is -0.373 e. The second kappa shape index (κ2) is 7.96. The number of nitrogens with zero attached hydrogens (tertiary/aromatic N) is 1. The maximum atomic E-state index is 11.9. The van der Waals surface area contributed by atoms with E-state index in [-0.39, 0.29) is 18.4 Å². The minimum absolute atomic E-state index is 0.0454. The Morgan fingerprint density at radius 1 is 1.23 bits per heavy atom. The number of rotatable bonds is 6. The number of ether oxygens (including phenoxy) is 1. The van der Waals surface area contributed by atoms with Gasteiger partial charge in [0.05, 0.1) is 30.8 Å². The third-order valence-corrected chi connectivity index (χ3v) is 3.24. The van der Waals surface area contributed by atoms with Gasteiger partial charge in [-0.2, -0.15) is 5.26 Å². The summed E-state index contributed by atoms with van der Waals surface area (Å²) in [5.41, 5.74) is 2.23. The molecule has 0 radical (unpaired) electrons. The molecule has 0 aliphatic carbocycles. The van der Waals surface area contributed by atoms with Crippen LogP contribution in [0.2, 0.25) is 0 Å². The normalized spacial score (nSPS) is 11.5. The van der Waals surface area contributed by atoms with Crippen LogP contribution in [0.25, 0.3) is 0 Å². The van der Waals surface area contributed by atoms with Crippen molar-refractivity contribution >= 4 is 11.6 Å². The van der Waals surface area contributed by atoms with Crippen LogP contribution in [0.5, 0.6) is 0 Å². The summed E-state index contributed by atoms with van der Waals surface area (Å²) in [6.45, 7) is 2.31. The average Bonchev–Trinajstić information content (AvgIpc) is 2.55. The lowest BCUT2D eigenvalue weighted by molar-refractivity contribution is -0.117. The molecular weight excluding hydrogens is 276 g/mol. The number of hydrogen-bond acceptors (Lipinski definition) is 3. The highest BCUT2D eigenvalue weighted by Crippen LogP contribution is 2.16. The van der Waals surface area contributed by atoms with Crippen LogP contribution in [0, 0.1) is 11.3 Å². The Morgan fingerprint density at radius 3 is 2.73 bits per heavy atom. The van der Waals surface area contributed by atoms with Crippen LogP contribution in [0.4, 0.5) is 5.69 Å². The van der Waals surface area contributed by atoms with Crippen molar-refractivity contribution in [3.63, 3.8) is 0 Å². The van der Waals surface area contributed by atoms with Gasteiger partial charge in [-0.05, 0) is 30.7 Å². The summed E-state index contributed by atoms with van der Waals surface area (Å²) in [6, 6.07) is 18.8. The maximum absolute atomic E-state index is 11.9. The van der Waals surface area contributed by atoms with Crippen LogP contribution >= 0.6 is 0 Å². The smallest absolute Gasteiger partial charge is 0.226 e. The Bertz CT molecular complexity index is 662. The number of amides is 1. The molecule has 112 valence electrons. The molecule has 0 aliphatic rings. The van der Waals surface area contributed by atoms with Crippen molar-refractivity contribution in [2.75, 3.05) is 11.9 Å². The highest BCUT2D eigenvalue weighted by atomic mass is 16.5. The van der Waals surface area contributed by atoms with E-state index in [4.69, 9.17) is 10.00 Å². The van der Waals surface area contributed by atoms with E-state index >= 15 is 0 Å². The molecule has 2 rings (SSSR count). The highest BCUT2D eigenvalue weighted by molar-refractivity contribution is 5.90. The third kappa shape index (κ3) is 4.72.